The fraction of sp³-hybridized carbons (Fsp3) is 0.0385. The molecule has 0 aliphatic heterocycles. The highest BCUT2D eigenvalue weighted by Gasteiger charge is 2.12. The van der Waals surface area contributed by atoms with Crippen LogP contribution in [0.5, 0.6) is 0 Å². The van der Waals surface area contributed by atoms with Crippen molar-refractivity contribution >= 4 is 39.0 Å². The van der Waals surface area contributed by atoms with Crippen LogP contribution in [-0.4, -0.2) is 36.1 Å². The molecule has 34 heavy (non-hydrogen) atoms. The number of carbonyl (C=O) groups excluding carboxylic acids is 1. The average Bonchev–Trinajstić information content (AvgIpc) is 3.51. The first-order valence-electron chi connectivity index (χ1n) is 10.8. The number of ketones is 1. The predicted octanol–water partition coefficient (Wildman–Crippen LogP) is 5.07. The average molecular weight is 445 g/mol. The number of nitrogens with zero attached hydrogens (tertiary/aromatic N) is 4. The standard InChI is InChI=1S/C26H19N7O/c34-26(9-16-5-8-28-29-14-16)25-12-18-2-1-17(11-24(18)32-25)23-13-21(6-7-27-23)31-20-3-4-22-19(10-20)15-30-33-22/h1-8,10-15,32H,9H2,(H,27,31)(H,30,33). The summed E-state index contributed by atoms with van der Waals surface area (Å²) in [6, 6.07) is 19.7. The van der Waals surface area contributed by atoms with Crippen LogP contribution in [0.15, 0.2) is 85.5 Å². The molecule has 2 aromatic carbocycles. The monoisotopic (exact) mass is 445 g/mol. The summed E-state index contributed by atoms with van der Waals surface area (Å²) in [5, 5.41) is 20.1. The largest absolute Gasteiger partial charge is 0.355 e. The molecule has 0 radical (unpaired) electrons. The maximum atomic E-state index is 12.7. The van der Waals surface area contributed by atoms with Crippen molar-refractivity contribution in [1.82, 2.24) is 30.4 Å². The SMILES string of the molecule is O=C(Cc1ccnnc1)c1cc2ccc(-c3cc(Nc4ccc5[nH]ncc5c4)ccn3)cc2[nH]1. The Kier molecular flexibility index (Phi) is 4.81. The van der Waals surface area contributed by atoms with Gasteiger partial charge in [-0.05, 0) is 54.1 Å². The quantitative estimate of drug-likeness (QED) is 0.309. The summed E-state index contributed by atoms with van der Waals surface area (Å²) in [4.78, 5) is 20.5. The number of hydrogen-bond acceptors (Lipinski definition) is 6. The number of carbonyl (C=O) groups is 1. The van der Waals surface area contributed by atoms with Crippen LogP contribution in [0.3, 0.4) is 0 Å². The van der Waals surface area contributed by atoms with Crippen molar-refractivity contribution in [3.8, 4) is 11.3 Å². The molecule has 0 aliphatic carbocycles. The number of nitrogens with one attached hydrogen (secondary N) is 3. The van der Waals surface area contributed by atoms with E-state index in [4.69, 9.17) is 0 Å². The third-order valence-electron chi connectivity index (χ3n) is 5.72. The Morgan fingerprint density at radius 2 is 1.76 bits per heavy atom. The third-order valence-corrected chi connectivity index (χ3v) is 5.72. The molecular weight excluding hydrogens is 426 g/mol. The lowest BCUT2D eigenvalue weighted by atomic mass is 10.1. The smallest absolute Gasteiger partial charge is 0.183 e. The number of pyridine rings is 1. The van der Waals surface area contributed by atoms with E-state index in [1.165, 1.54) is 0 Å². The van der Waals surface area contributed by atoms with E-state index in [1.807, 2.05) is 54.6 Å². The minimum atomic E-state index is 0.00432. The second-order valence-corrected chi connectivity index (χ2v) is 8.06. The van der Waals surface area contributed by atoms with Crippen LogP contribution in [0.25, 0.3) is 33.1 Å². The van der Waals surface area contributed by atoms with Gasteiger partial charge in [0.25, 0.3) is 0 Å². The van der Waals surface area contributed by atoms with Crippen LogP contribution in [0.2, 0.25) is 0 Å². The minimum Gasteiger partial charge on any atom is -0.355 e. The van der Waals surface area contributed by atoms with Gasteiger partial charge in [0.1, 0.15) is 0 Å². The summed E-state index contributed by atoms with van der Waals surface area (Å²) in [6.07, 6.45) is 7.06. The molecule has 0 atom stereocenters. The van der Waals surface area contributed by atoms with E-state index in [0.717, 1.165) is 50.0 Å². The second kappa shape index (κ2) is 8.25. The second-order valence-electron chi connectivity index (χ2n) is 8.06. The van der Waals surface area contributed by atoms with Gasteiger partial charge in [0.15, 0.2) is 5.78 Å². The molecule has 8 heteroatoms. The molecular formula is C26H19N7O. The van der Waals surface area contributed by atoms with Crippen molar-refractivity contribution in [3.05, 3.63) is 96.7 Å². The summed E-state index contributed by atoms with van der Waals surface area (Å²) < 4.78 is 0. The molecule has 6 aromatic rings. The van der Waals surface area contributed by atoms with Gasteiger partial charge in [0, 0.05) is 52.0 Å². The number of aromatic nitrogens is 6. The fourth-order valence-electron chi connectivity index (χ4n) is 3.99. The third kappa shape index (κ3) is 3.88. The summed E-state index contributed by atoms with van der Waals surface area (Å²) in [7, 11) is 0. The van der Waals surface area contributed by atoms with Gasteiger partial charge >= 0.3 is 0 Å². The zero-order valence-electron chi connectivity index (χ0n) is 18.0. The maximum absolute atomic E-state index is 12.7. The molecule has 0 aliphatic rings. The van der Waals surface area contributed by atoms with Gasteiger partial charge in [0.05, 0.1) is 29.3 Å². The lowest BCUT2D eigenvalue weighted by molar-refractivity contribution is 0.0989. The van der Waals surface area contributed by atoms with Crippen LogP contribution in [0, 0.1) is 0 Å². The van der Waals surface area contributed by atoms with Gasteiger partial charge < -0.3 is 10.3 Å². The molecule has 6 rings (SSSR count). The minimum absolute atomic E-state index is 0.00432. The van der Waals surface area contributed by atoms with Gasteiger partial charge in [-0.2, -0.15) is 15.3 Å². The van der Waals surface area contributed by atoms with Gasteiger partial charge in [-0.25, -0.2) is 0 Å². The summed E-state index contributed by atoms with van der Waals surface area (Å²) >= 11 is 0. The summed E-state index contributed by atoms with van der Waals surface area (Å²) in [5.41, 5.74) is 6.98. The molecule has 0 spiro atoms. The van der Waals surface area contributed by atoms with Gasteiger partial charge in [0.2, 0.25) is 0 Å². The molecule has 0 amide bonds. The van der Waals surface area contributed by atoms with Crippen molar-refractivity contribution in [2.75, 3.05) is 5.32 Å². The Hall–Kier alpha value is -4.85. The number of Topliss-reactive ketones (excluding diaryl/α,β-unsaturated/α-hetero) is 1. The molecule has 4 aromatic heterocycles. The lowest BCUT2D eigenvalue weighted by Crippen LogP contribution is -2.04. The molecule has 0 unspecified atom stereocenters. The topological polar surface area (TPSA) is 112 Å². The highest BCUT2D eigenvalue weighted by Crippen LogP contribution is 2.27. The first-order chi connectivity index (χ1) is 16.7. The van der Waals surface area contributed by atoms with E-state index >= 15 is 0 Å². The predicted molar refractivity (Wildman–Crippen MR) is 131 cm³/mol. The number of anilines is 2. The zero-order valence-corrected chi connectivity index (χ0v) is 18.0. The van der Waals surface area contributed by atoms with Gasteiger partial charge in [-0.3, -0.25) is 14.9 Å². The van der Waals surface area contributed by atoms with E-state index in [-0.39, 0.29) is 12.2 Å². The van der Waals surface area contributed by atoms with E-state index in [9.17, 15) is 4.79 Å². The Balaban J connectivity index is 1.25. The van der Waals surface area contributed by atoms with Crippen molar-refractivity contribution in [1.29, 1.82) is 0 Å². The van der Waals surface area contributed by atoms with Crippen molar-refractivity contribution in [3.63, 3.8) is 0 Å². The number of hydrogen-bond donors (Lipinski definition) is 3. The Bertz CT molecular complexity index is 1640. The number of rotatable bonds is 6. The fourth-order valence-corrected chi connectivity index (χ4v) is 3.99. The van der Waals surface area contributed by atoms with Crippen molar-refractivity contribution < 1.29 is 4.79 Å². The first-order valence-corrected chi connectivity index (χ1v) is 10.8. The van der Waals surface area contributed by atoms with Crippen molar-refractivity contribution in [2.24, 2.45) is 0 Å². The Morgan fingerprint density at radius 1 is 0.824 bits per heavy atom. The molecule has 4 heterocycles. The number of benzene rings is 2. The molecule has 0 fully saturated rings. The van der Waals surface area contributed by atoms with E-state index in [0.29, 0.717) is 5.69 Å². The zero-order chi connectivity index (χ0) is 22.9. The first kappa shape index (κ1) is 19.8. The summed E-state index contributed by atoms with van der Waals surface area (Å²) in [6.45, 7) is 0. The van der Waals surface area contributed by atoms with Crippen LogP contribution in [0.4, 0.5) is 11.4 Å². The maximum Gasteiger partial charge on any atom is 0.183 e. The number of H-pyrrole nitrogens is 2. The molecule has 0 saturated carbocycles. The molecule has 8 nitrogen and oxygen atoms in total. The van der Waals surface area contributed by atoms with E-state index in [1.54, 1.807) is 30.9 Å². The Labute approximate surface area is 194 Å². The lowest BCUT2D eigenvalue weighted by Gasteiger charge is -2.08. The van der Waals surface area contributed by atoms with Crippen LogP contribution >= 0.6 is 0 Å². The van der Waals surface area contributed by atoms with Crippen LogP contribution in [0.1, 0.15) is 16.1 Å². The number of fused-ring (bicyclic) bond motifs is 2. The Morgan fingerprint density at radius 3 is 2.68 bits per heavy atom. The van der Waals surface area contributed by atoms with E-state index < -0.39 is 0 Å². The normalized spacial score (nSPS) is 11.2. The molecule has 0 bridgehead atoms. The van der Waals surface area contributed by atoms with Crippen LogP contribution in [-0.2, 0) is 6.42 Å². The van der Waals surface area contributed by atoms with E-state index in [2.05, 4.69) is 35.7 Å². The van der Waals surface area contributed by atoms with Gasteiger partial charge in [-0.1, -0.05) is 12.1 Å². The van der Waals surface area contributed by atoms with Crippen LogP contribution < -0.4 is 5.32 Å². The van der Waals surface area contributed by atoms with Crippen molar-refractivity contribution in [2.45, 2.75) is 6.42 Å². The molecule has 0 saturated heterocycles. The molecule has 3 N–H and O–H groups in total. The molecule has 164 valence electrons. The highest BCUT2D eigenvalue weighted by atomic mass is 16.1. The van der Waals surface area contributed by atoms with Gasteiger partial charge in [-0.15, -0.1) is 0 Å². The number of aromatic amines is 2. The summed E-state index contributed by atoms with van der Waals surface area (Å²) in [5.74, 6) is 0.00432. The highest BCUT2D eigenvalue weighted by molar-refractivity contribution is 6.01.